The van der Waals surface area contributed by atoms with Crippen molar-refractivity contribution in [2.24, 2.45) is 0 Å². The molecule has 6 nitrogen and oxygen atoms in total. The lowest BCUT2D eigenvalue weighted by Gasteiger charge is -2.13. The average Bonchev–Trinajstić information content (AvgIpc) is 2.69. The van der Waals surface area contributed by atoms with Gasteiger partial charge in [-0.25, -0.2) is 8.42 Å². The fourth-order valence-corrected chi connectivity index (χ4v) is 2.15. The monoisotopic (exact) mass is 231 g/mol. The van der Waals surface area contributed by atoms with Crippen molar-refractivity contribution in [3.8, 4) is 0 Å². The van der Waals surface area contributed by atoms with Crippen molar-refractivity contribution in [3.63, 3.8) is 0 Å². The zero-order chi connectivity index (χ0) is 11.1. The Kier molecular flexibility index (Phi) is 2.53. The first kappa shape index (κ1) is 10.6. The number of β-amino-alcohol motifs (C(OH)–C–C–N with tert-alkyl or cyclic N) is 1. The number of sulfone groups is 1. The maximum atomic E-state index is 11.2. The summed E-state index contributed by atoms with van der Waals surface area (Å²) < 4.78 is 23.9. The summed E-state index contributed by atoms with van der Waals surface area (Å²) in [5, 5.41) is 16.5. The molecule has 0 radical (unpaired) electrons. The summed E-state index contributed by atoms with van der Waals surface area (Å²) in [6, 6.07) is -0.180. The normalized spacial score (nSPS) is 27.1. The van der Waals surface area contributed by atoms with Gasteiger partial charge in [-0.05, 0) is 0 Å². The second-order valence-corrected chi connectivity index (χ2v) is 5.74. The Hall–Kier alpha value is -0.920. The van der Waals surface area contributed by atoms with E-state index in [4.69, 9.17) is 0 Å². The second kappa shape index (κ2) is 3.58. The Morgan fingerprint density at radius 1 is 1.60 bits per heavy atom. The first-order valence-electron chi connectivity index (χ1n) is 4.61. The molecule has 2 rings (SSSR count). The molecule has 1 aromatic heterocycles. The maximum absolute atomic E-state index is 11.2. The third kappa shape index (κ3) is 2.04. The molecule has 0 aromatic carbocycles. The van der Waals surface area contributed by atoms with Crippen LogP contribution in [0.4, 0.5) is 0 Å². The molecule has 84 valence electrons. The van der Waals surface area contributed by atoms with Crippen LogP contribution in [0.1, 0.15) is 6.04 Å². The minimum Gasteiger partial charge on any atom is -0.390 e. The molecule has 0 spiro atoms. The number of hydrogen-bond acceptors (Lipinski definition) is 5. The van der Waals surface area contributed by atoms with Gasteiger partial charge in [0.25, 0.3) is 0 Å². The van der Waals surface area contributed by atoms with Gasteiger partial charge in [0.15, 0.2) is 9.84 Å². The van der Waals surface area contributed by atoms with Crippen molar-refractivity contribution < 1.29 is 13.5 Å². The highest BCUT2D eigenvalue weighted by Gasteiger charge is 2.27. The molecular formula is C8H13N3O3S. The van der Waals surface area contributed by atoms with Gasteiger partial charge < -0.3 is 10.4 Å². The minimum absolute atomic E-state index is 0.180. The van der Waals surface area contributed by atoms with Crippen molar-refractivity contribution in [2.45, 2.75) is 17.0 Å². The highest BCUT2D eigenvalue weighted by molar-refractivity contribution is 7.90. The predicted molar refractivity (Wildman–Crippen MR) is 53.3 cm³/mol. The van der Waals surface area contributed by atoms with Gasteiger partial charge in [0.1, 0.15) is 4.90 Å². The number of aliphatic hydroxyl groups excluding tert-OH is 1. The molecule has 15 heavy (non-hydrogen) atoms. The smallest absolute Gasteiger partial charge is 0.178 e. The Labute approximate surface area is 87.8 Å². The highest BCUT2D eigenvalue weighted by atomic mass is 32.2. The van der Waals surface area contributed by atoms with E-state index in [-0.39, 0.29) is 10.9 Å². The third-order valence-corrected chi connectivity index (χ3v) is 3.56. The lowest BCUT2D eigenvalue weighted by molar-refractivity contribution is 0.144. The zero-order valence-electron chi connectivity index (χ0n) is 8.29. The van der Waals surface area contributed by atoms with Crippen molar-refractivity contribution in [1.82, 2.24) is 15.1 Å². The Morgan fingerprint density at radius 3 is 2.80 bits per heavy atom. The van der Waals surface area contributed by atoms with Crippen LogP contribution in [0.25, 0.3) is 0 Å². The van der Waals surface area contributed by atoms with Crippen LogP contribution in [-0.2, 0) is 9.84 Å². The quantitative estimate of drug-likeness (QED) is 0.667. The molecule has 7 heteroatoms. The van der Waals surface area contributed by atoms with Crippen LogP contribution in [0, 0.1) is 0 Å². The molecule has 1 aliphatic heterocycles. The fourth-order valence-electron chi connectivity index (χ4n) is 1.61. The van der Waals surface area contributed by atoms with E-state index < -0.39 is 15.9 Å². The van der Waals surface area contributed by atoms with Gasteiger partial charge in [0.05, 0.1) is 18.3 Å². The van der Waals surface area contributed by atoms with E-state index in [0.29, 0.717) is 13.1 Å². The van der Waals surface area contributed by atoms with Gasteiger partial charge in [-0.1, -0.05) is 0 Å². The standard InChI is InChI=1S/C8H13N3O3S/c1-15(13,14)6-2-10-11(5-6)7-3-9-4-8(7)12/h2,5,7-9,12H,3-4H2,1H3. The SMILES string of the molecule is CS(=O)(=O)c1cnn(C2CNCC2O)c1. The second-order valence-electron chi connectivity index (χ2n) is 3.72. The largest absolute Gasteiger partial charge is 0.390 e. The van der Waals surface area contributed by atoms with E-state index in [0.717, 1.165) is 6.26 Å². The van der Waals surface area contributed by atoms with E-state index in [1.165, 1.54) is 17.1 Å². The molecule has 0 saturated carbocycles. The molecule has 1 fully saturated rings. The number of rotatable bonds is 2. The van der Waals surface area contributed by atoms with Crippen LogP contribution >= 0.6 is 0 Å². The summed E-state index contributed by atoms with van der Waals surface area (Å²) >= 11 is 0. The molecule has 2 N–H and O–H groups in total. The number of nitrogens with one attached hydrogen (secondary N) is 1. The number of aliphatic hydroxyl groups is 1. The maximum Gasteiger partial charge on any atom is 0.178 e. The first-order chi connectivity index (χ1) is 6.98. The van der Waals surface area contributed by atoms with Crippen LogP contribution in [0.15, 0.2) is 17.3 Å². The lowest BCUT2D eigenvalue weighted by Crippen LogP contribution is -2.22. The highest BCUT2D eigenvalue weighted by Crippen LogP contribution is 2.17. The molecule has 1 saturated heterocycles. The Morgan fingerprint density at radius 2 is 2.33 bits per heavy atom. The fraction of sp³-hybridized carbons (Fsp3) is 0.625. The predicted octanol–water partition coefficient (Wildman–Crippen LogP) is -1.21. The molecule has 0 bridgehead atoms. The van der Waals surface area contributed by atoms with E-state index >= 15 is 0 Å². The molecule has 2 atom stereocenters. The summed E-state index contributed by atoms with van der Waals surface area (Å²) in [5.41, 5.74) is 0. The van der Waals surface area contributed by atoms with Gasteiger partial charge in [0, 0.05) is 25.5 Å². The molecule has 1 aromatic rings. The average molecular weight is 231 g/mol. The minimum atomic E-state index is -3.21. The lowest BCUT2D eigenvalue weighted by atomic mass is 10.2. The molecule has 0 amide bonds. The summed E-state index contributed by atoms with van der Waals surface area (Å²) in [6.45, 7) is 1.12. The van der Waals surface area contributed by atoms with Gasteiger partial charge in [0.2, 0.25) is 0 Å². The molecular weight excluding hydrogens is 218 g/mol. The van der Waals surface area contributed by atoms with Crippen molar-refractivity contribution in [3.05, 3.63) is 12.4 Å². The van der Waals surface area contributed by atoms with Crippen molar-refractivity contribution in [2.75, 3.05) is 19.3 Å². The van der Waals surface area contributed by atoms with Crippen LogP contribution in [0.3, 0.4) is 0 Å². The zero-order valence-corrected chi connectivity index (χ0v) is 9.11. The summed E-state index contributed by atoms with van der Waals surface area (Å²) in [6.07, 6.45) is 3.38. The Balaban J connectivity index is 2.28. The van der Waals surface area contributed by atoms with E-state index in [2.05, 4.69) is 10.4 Å². The van der Waals surface area contributed by atoms with Crippen LogP contribution < -0.4 is 5.32 Å². The topological polar surface area (TPSA) is 84.2 Å². The molecule has 1 aliphatic rings. The summed E-state index contributed by atoms with van der Waals surface area (Å²) in [4.78, 5) is 0.182. The van der Waals surface area contributed by atoms with E-state index in [1.807, 2.05) is 0 Å². The first-order valence-corrected chi connectivity index (χ1v) is 6.50. The number of aromatic nitrogens is 2. The van der Waals surface area contributed by atoms with E-state index in [9.17, 15) is 13.5 Å². The van der Waals surface area contributed by atoms with Crippen LogP contribution in [-0.4, -0.2) is 48.8 Å². The van der Waals surface area contributed by atoms with Crippen molar-refractivity contribution >= 4 is 9.84 Å². The third-order valence-electron chi connectivity index (χ3n) is 2.50. The molecule has 2 heterocycles. The number of hydrogen-bond donors (Lipinski definition) is 2. The van der Waals surface area contributed by atoms with Crippen molar-refractivity contribution in [1.29, 1.82) is 0 Å². The van der Waals surface area contributed by atoms with Crippen LogP contribution in [0.5, 0.6) is 0 Å². The van der Waals surface area contributed by atoms with Gasteiger partial charge in [-0.2, -0.15) is 5.10 Å². The van der Waals surface area contributed by atoms with E-state index in [1.54, 1.807) is 0 Å². The molecule has 2 unspecified atom stereocenters. The summed E-state index contributed by atoms with van der Waals surface area (Å²) in [7, 11) is -3.21. The summed E-state index contributed by atoms with van der Waals surface area (Å²) in [5.74, 6) is 0. The van der Waals surface area contributed by atoms with Gasteiger partial charge in [-0.15, -0.1) is 0 Å². The molecule has 0 aliphatic carbocycles. The Bertz CT molecular complexity index is 453. The van der Waals surface area contributed by atoms with Gasteiger partial charge in [-0.3, -0.25) is 4.68 Å². The van der Waals surface area contributed by atoms with Crippen LogP contribution in [0.2, 0.25) is 0 Å². The van der Waals surface area contributed by atoms with Gasteiger partial charge >= 0.3 is 0 Å². The number of nitrogens with zero attached hydrogens (tertiary/aromatic N) is 2.